The van der Waals surface area contributed by atoms with Crippen molar-refractivity contribution in [2.75, 3.05) is 31.6 Å². The van der Waals surface area contributed by atoms with Gasteiger partial charge in [-0.3, -0.25) is 4.79 Å². The number of thiocarbonyl (C=S) groups is 1. The van der Waals surface area contributed by atoms with Gasteiger partial charge in [0.1, 0.15) is 10.7 Å². The van der Waals surface area contributed by atoms with E-state index in [2.05, 4.69) is 9.97 Å². The minimum Gasteiger partial charge on any atom is -0.388 e. The first kappa shape index (κ1) is 13.7. The van der Waals surface area contributed by atoms with Crippen LogP contribution < -0.4 is 10.6 Å². The number of aromatic nitrogens is 2. The molecule has 0 saturated carbocycles. The molecule has 0 aromatic carbocycles. The number of carbonyl (C=O) groups is 1. The van der Waals surface area contributed by atoms with E-state index in [0.717, 1.165) is 25.9 Å². The number of likely N-dealkylation sites (tertiary alicyclic amines) is 1. The summed E-state index contributed by atoms with van der Waals surface area (Å²) in [5, 5.41) is 0. The van der Waals surface area contributed by atoms with Gasteiger partial charge in [-0.25, -0.2) is 9.97 Å². The van der Waals surface area contributed by atoms with Gasteiger partial charge in [-0.2, -0.15) is 0 Å². The average molecular weight is 279 g/mol. The molecule has 2 rings (SSSR count). The van der Waals surface area contributed by atoms with Gasteiger partial charge in [0.2, 0.25) is 5.91 Å². The molecule has 6 nitrogen and oxygen atoms in total. The van der Waals surface area contributed by atoms with Crippen molar-refractivity contribution in [3.8, 4) is 0 Å². The maximum atomic E-state index is 12.1. The number of likely N-dealkylation sites (N-methyl/N-ethyl adjacent to an activating group) is 1. The van der Waals surface area contributed by atoms with Crippen molar-refractivity contribution in [3.05, 3.63) is 18.1 Å². The normalized spacial score (nSPS) is 14.5. The predicted molar refractivity (Wildman–Crippen MR) is 77.0 cm³/mol. The zero-order valence-electron chi connectivity index (χ0n) is 10.9. The maximum Gasteiger partial charge on any atom is 0.242 e. The zero-order chi connectivity index (χ0) is 13.8. The molecule has 0 aliphatic carbocycles. The summed E-state index contributed by atoms with van der Waals surface area (Å²) in [5.74, 6) is 0.641. The quantitative estimate of drug-likeness (QED) is 0.792. The van der Waals surface area contributed by atoms with Gasteiger partial charge in [-0.1, -0.05) is 12.2 Å². The lowest BCUT2D eigenvalue weighted by Crippen LogP contribution is -2.38. The summed E-state index contributed by atoms with van der Waals surface area (Å²) in [7, 11) is 1.79. The highest BCUT2D eigenvalue weighted by atomic mass is 32.1. The van der Waals surface area contributed by atoms with Crippen LogP contribution in [0.5, 0.6) is 0 Å². The number of nitrogens with two attached hydrogens (primary N) is 1. The van der Waals surface area contributed by atoms with Gasteiger partial charge < -0.3 is 15.5 Å². The summed E-state index contributed by atoms with van der Waals surface area (Å²) in [4.78, 5) is 24.2. The van der Waals surface area contributed by atoms with Gasteiger partial charge in [-0.05, 0) is 12.8 Å². The van der Waals surface area contributed by atoms with Crippen LogP contribution in [-0.2, 0) is 4.79 Å². The lowest BCUT2D eigenvalue weighted by molar-refractivity contribution is -0.128. The second kappa shape index (κ2) is 5.92. The van der Waals surface area contributed by atoms with Crippen molar-refractivity contribution in [1.29, 1.82) is 0 Å². The molecule has 0 radical (unpaired) electrons. The van der Waals surface area contributed by atoms with Gasteiger partial charge in [0.05, 0.1) is 6.54 Å². The minimum absolute atomic E-state index is 0.0968. The highest BCUT2D eigenvalue weighted by molar-refractivity contribution is 7.80. The average Bonchev–Trinajstić information content (AvgIpc) is 2.92. The minimum atomic E-state index is 0.0968. The van der Waals surface area contributed by atoms with Crippen LogP contribution in [0.25, 0.3) is 0 Å². The summed E-state index contributed by atoms with van der Waals surface area (Å²) in [6, 6.07) is 0. The maximum absolute atomic E-state index is 12.1. The highest BCUT2D eigenvalue weighted by Crippen LogP contribution is 2.14. The molecule has 1 aromatic rings. The molecule has 1 aliphatic rings. The fourth-order valence-corrected chi connectivity index (χ4v) is 2.27. The largest absolute Gasteiger partial charge is 0.388 e. The van der Waals surface area contributed by atoms with Crippen molar-refractivity contribution >= 4 is 28.9 Å². The van der Waals surface area contributed by atoms with Crippen LogP contribution >= 0.6 is 12.2 Å². The van der Waals surface area contributed by atoms with Crippen LogP contribution in [0.15, 0.2) is 12.4 Å². The number of hydrogen-bond donors (Lipinski definition) is 1. The van der Waals surface area contributed by atoms with E-state index in [1.54, 1.807) is 18.1 Å². The predicted octanol–water partition coefficient (Wildman–Crippen LogP) is 0.169. The molecule has 1 aliphatic heterocycles. The van der Waals surface area contributed by atoms with Crippen LogP contribution in [-0.4, -0.2) is 52.4 Å². The number of nitrogens with zero attached hydrogens (tertiary/aromatic N) is 4. The van der Waals surface area contributed by atoms with E-state index in [4.69, 9.17) is 18.0 Å². The lowest BCUT2D eigenvalue weighted by Gasteiger charge is -2.23. The summed E-state index contributed by atoms with van der Waals surface area (Å²) < 4.78 is 0. The van der Waals surface area contributed by atoms with Gasteiger partial charge in [0.25, 0.3) is 0 Å². The Labute approximate surface area is 117 Å². The molecule has 19 heavy (non-hydrogen) atoms. The van der Waals surface area contributed by atoms with Crippen LogP contribution in [0.3, 0.4) is 0 Å². The standard InChI is InChI=1S/C12H17N5OS/c1-16(8-9(18)17-6-2-3-7-17)12-10(11(13)19)14-4-5-15-12/h4-5H,2-3,6-8H2,1H3,(H2,13,19). The summed E-state index contributed by atoms with van der Waals surface area (Å²) in [6.07, 6.45) is 5.26. The van der Waals surface area contributed by atoms with Crippen LogP contribution in [0, 0.1) is 0 Å². The van der Waals surface area contributed by atoms with Gasteiger partial charge in [-0.15, -0.1) is 0 Å². The molecule has 0 spiro atoms. The van der Waals surface area contributed by atoms with Crippen molar-refractivity contribution < 1.29 is 4.79 Å². The van der Waals surface area contributed by atoms with Crippen LogP contribution in [0.4, 0.5) is 5.82 Å². The third-order valence-electron chi connectivity index (χ3n) is 3.11. The molecule has 0 bridgehead atoms. The van der Waals surface area contributed by atoms with Crippen molar-refractivity contribution in [2.24, 2.45) is 5.73 Å². The smallest absolute Gasteiger partial charge is 0.242 e. The van der Waals surface area contributed by atoms with Crippen LogP contribution in [0.2, 0.25) is 0 Å². The van der Waals surface area contributed by atoms with E-state index in [9.17, 15) is 4.79 Å². The fourth-order valence-electron chi connectivity index (χ4n) is 2.13. The molecule has 1 amide bonds. The van der Waals surface area contributed by atoms with Gasteiger partial charge in [0, 0.05) is 32.5 Å². The van der Waals surface area contributed by atoms with E-state index in [-0.39, 0.29) is 17.4 Å². The molecule has 1 fully saturated rings. The lowest BCUT2D eigenvalue weighted by atomic mass is 10.3. The Morgan fingerprint density at radius 2 is 2.05 bits per heavy atom. The van der Waals surface area contributed by atoms with Gasteiger partial charge in [0.15, 0.2) is 5.82 Å². The summed E-state index contributed by atoms with van der Waals surface area (Å²) >= 11 is 4.94. The van der Waals surface area contributed by atoms with Crippen molar-refractivity contribution in [2.45, 2.75) is 12.8 Å². The third kappa shape index (κ3) is 3.17. The van der Waals surface area contributed by atoms with E-state index in [0.29, 0.717) is 11.5 Å². The monoisotopic (exact) mass is 279 g/mol. The van der Waals surface area contributed by atoms with E-state index in [1.165, 1.54) is 6.20 Å². The second-order valence-electron chi connectivity index (χ2n) is 4.54. The summed E-state index contributed by atoms with van der Waals surface area (Å²) in [6.45, 7) is 1.94. The molecule has 102 valence electrons. The Balaban J connectivity index is 2.09. The number of rotatable bonds is 4. The molecule has 7 heteroatoms. The van der Waals surface area contributed by atoms with E-state index >= 15 is 0 Å². The molecule has 1 aromatic heterocycles. The summed E-state index contributed by atoms with van der Waals surface area (Å²) in [5.41, 5.74) is 6.07. The number of hydrogen-bond acceptors (Lipinski definition) is 5. The molecule has 0 atom stereocenters. The number of amides is 1. The van der Waals surface area contributed by atoms with Crippen molar-refractivity contribution in [1.82, 2.24) is 14.9 Å². The SMILES string of the molecule is CN(CC(=O)N1CCCC1)c1nccnc1C(N)=S. The van der Waals surface area contributed by atoms with E-state index in [1.807, 2.05) is 4.90 Å². The molecule has 1 saturated heterocycles. The fraction of sp³-hybridized carbons (Fsp3) is 0.500. The van der Waals surface area contributed by atoms with E-state index < -0.39 is 0 Å². The number of anilines is 1. The molecular weight excluding hydrogens is 262 g/mol. The number of carbonyl (C=O) groups excluding carboxylic acids is 1. The van der Waals surface area contributed by atoms with Gasteiger partial charge >= 0.3 is 0 Å². The van der Waals surface area contributed by atoms with Crippen molar-refractivity contribution in [3.63, 3.8) is 0 Å². The Bertz CT molecular complexity index is 487. The Morgan fingerprint density at radius 3 is 2.68 bits per heavy atom. The second-order valence-corrected chi connectivity index (χ2v) is 4.98. The zero-order valence-corrected chi connectivity index (χ0v) is 11.7. The first-order chi connectivity index (χ1) is 9.09. The van der Waals surface area contributed by atoms with Crippen LogP contribution in [0.1, 0.15) is 18.5 Å². The third-order valence-corrected chi connectivity index (χ3v) is 3.30. The molecular formula is C12H17N5OS. The topological polar surface area (TPSA) is 75.4 Å². The molecule has 2 heterocycles. The first-order valence-electron chi connectivity index (χ1n) is 6.19. The first-order valence-corrected chi connectivity index (χ1v) is 6.60. The molecule has 2 N–H and O–H groups in total. The Morgan fingerprint density at radius 1 is 1.42 bits per heavy atom. The Hall–Kier alpha value is -1.76. The highest BCUT2D eigenvalue weighted by Gasteiger charge is 2.21. The Kier molecular flexibility index (Phi) is 4.26. The molecule has 0 unspecified atom stereocenters.